The first kappa shape index (κ1) is 23.5. The van der Waals surface area contributed by atoms with Crippen LogP contribution in [0.15, 0.2) is 37.2 Å². The van der Waals surface area contributed by atoms with Crippen LogP contribution in [0.2, 0.25) is 25.7 Å². The molecule has 0 bridgehead atoms. The van der Waals surface area contributed by atoms with Gasteiger partial charge in [-0.2, -0.15) is 0 Å². The quantitative estimate of drug-likeness (QED) is 0.160. The number of rotatable bonds is 9. The Morgan fingerprint density at radius 2 is 1.94 bits per heavy atom. The van der Waals surface area contributed by atoms with Crippen molar-refractivity contribution in [3.8, 4) is 11.5 Å². The van der Waals surface area contributed by atoms with Crippen LogP contribution in [0.3, 0.4) is 0 Å². The van der Waals surface area contributed by atoms with Crippen molar-refractivity contribution in [2.75, 3.05) is 6.61 Å². The molecule has 3 aromatic rings. The molecule has 0 unspecified atom stereocenters. The largest absolute Gasteiger partial charge is 0.450 e. The third-order valence-electron chi connectivity index (χ3n) is 4.81. The first-order chi connectivity index (χ1) is 15.0. The number of ether oxygens (including phenoxy) is 2. The molecule has 2 heterocycles. The number of benzene rings is 1. The van der Waals surface area contributed by atoms with Gasteiger partial charge < -0.3 is 14.0 Å². The van der Waals surface area contributed by atoms with Crippen molar-refractivity contribution in [3.63, 3.8) is 0 Å². The number of halogens is 2. The highest BCUT2D eigenvalue weighted by atomic mass is 28.3. The molecule has 0 amide bonds. The number of nitro groups is 1. The van der Waals surface area contributed by atoms with Crippen molar-refractivity contribution in [1.29, 1.82) is 0 Å². The molecule has 0 aliphatic heterocycles. The molecule has 0 N–H and O–H groups in total. The van der Waals surface area contributed by atoms with Crippen LogP contribution in [-0.4, -0.2) is 29.2 Å². The number of fused-ring (bicyclic) bond motifs is 1. The van der Waals surface area contributed by atoms with Crippen molar-refractivity contribution in [2.24, 2.45) is 0 Å². The number of nitro benzene ring substituents is 1. The maximum atomic E-state index is 14.4. The minimum atomic E-state index is -1.23. The van der Waals surface area contributed by atoms with Gasteiger partial charge >= 0.3 is 0 Å². The van der Waals surface area contributed by atoms with Crippen LogP contribution in [0.4, 0.5) is 14.5 Å². The average molecular weight is 462 g/mol. The van der Waals surface area contributed by atoms with Crippen LogP contribution in [0.5, 0.6) is 11.5 Å². The van der Waals surface area contributed by atoms with Gasteiger partial charge in [0.2, 0.25) is 0 Å². The van der Waals surface area contributed by atoms with E-state index in [1.807, 2.05) is 6.20 Å². The normalized spacial score (nSPS) is 11.7. The molecule has 0 fully saturated rings. The molecule has 0 aliphatic rings. The fraction of sp³-hybridized carbons (Fsp3) is 0.318. The molecular formula is C22H25F2N3O4Si. The molecule has 0 radical (unpaired) electrons. The van der Waals surface area contributed by atoms with Crippen LogP contribution in [0, 0.1) is 21.7 Å². The molecule has 2 aromatic heterocycles. The maximum absolute atomic E-state index is 14.4. The fourth-order valence-corrected chi connectivity index (χ4v) is 3.85. The summed E-state index contributed by atoms with van der Waals surface area (Å²) in [5, 5.41) is 11.4. The Labute approximate surface area is 185 Å². The zero-order valence-corrected chi connectivity index (χ0v) is 19.4. The van der Waals surface area contributed by atoms with E-state index in [2.05, 4.69) is 31.2 Å². The first-order valence-electron chi connectivity index (χ1n) is 10.0. The SMILES string of the molecule is C=C(C)c1cn(COCC[Si](C)(C)C)c2nccc(Oc3c(F)cc([N+](=O)[O-])cc3F)c12. The third kappa shape index (κ3) is 5.20. The van der Waals surface area contributed by atoms with Gasteiger partial charge in [-0.3, -0.25) is 10.1 Å². The molecule has 0 spiro atoms. The highest BCUT2D eigenvalue weighted by Gasteiger charge is 2.22. The second-order valence-corrected chi connectivity index (χ2v) is 14.4. The van der Waals surface area contributed by atoms with Gasteiger partial charge in [0.1, 0.15) is 18.1 Å². The topological polar surface area (TPSA) is 79.4 Å². The monoisotopic (exact) mass is 461 g/mol. The van der Waals surface area contributed by atoms with Gasteiger partial charge in [-0.1, -0.05) is 26.2 Å². The van der Waals surface area contributed by atoms with Crippen LogP contribution in [0.1, 0.15) is 12.5 Å². The van der Waals surface area contributed by atoms with Gasteiger partial charge in [0.05, 0.1) is 22.4 Å². The Bertz CT molecular complexity index is 1160. The Balaban J connectivity index is 1.98. The van der Waals surface area contributed by atoms with Gasteiger partial charge in [-0.15, -0.1) is 0 Å². The van der Waals surface area contributed by atoms with Crippen LogP contribution in [-0.2, 0) is 11.5 Å². The zero-order valence-electron chi connectivity index (χ0n) is 18.4. The minimum Gasteiger partial charge on any atom is -0.450 e. The highest BCUT2D eigenvalue weighted by Crippen LogP contribution is 2.38. The second kappa shape index (κ2) is 9.17. The lowest BCUT2D eigenvalue weighted by atomic mass is 10.1. The minimum absolute atomic E-state index is 0.153. The standard InChI is InChI=1S/C22H25F2N3O4Si/c1-14(2)16-12-26(13-30-8-9-32(3,4)5)22-20(16)19(6-7-25-22)31-21-17(23)10-15(27(28)29)11-18(21)24/h6-7,10-12H,1,8-9,13H2,2-5H3. The van der Waals surface area contributed by atoms with Crippen LogP contribution in [0.25, 0.3) is 16.6 Å². The molecule has 1 aromatic carbocycles. The van der Waals surface area contributed by atoms with Gasteiger partial charge in [0, 0.05) is 32.6 Å². The van der Waals surface area contributed by atoms with E-state index in [1.54, 1.807) is 11.5 Å². The van der Waals surface area contributed by atoms with E-state index in [4.69, 9.17) is 9.47 Å². The van der Waals surface area contributed by atoms with E-state index in [0.29, 0.717) is 40.9 Å². The smallest absolute Gasteiger partial charge is 0.275 e. The Morgan fingerprint density at radius 1 is 1.28 bits per heavy atom. The van der Waals surface area contributed by atoms with Gasteiger partial charge in [0.15, 0.2) is 17.4 Å². The molecule has 0 aliphatic carbocycles. The average Bonchev–Trinajstić information content (AvgIpc) is 3.07. The summed E-state index contributed by atoms with van der Waals surface area (Å²) >= 11 is 0. The number of non-ortho nitro benzene ring substituents is 1. The predicted molar refractivity (Wildman–Crippen MR) is 122 cm³/mol. The molecule has 10 heteroatoms. The number of aromatic nitrogens is 2. The summed E-state index contributed by atoms with van der Waals surface area (Å²) in [6.45, 7) is 13.4. The van der Waals surface area contributed by atoms with Crippen molar-refractivity contribution in [2.45, 2.75) is 39.3 Å². The van der Waals surface area contributed by atoms with E-state index in [9.17, 15) is 18.9 Å². The molecule has 3 rings (SSSR count). The van der Waals surface area contributed by atoms with E-state index in [1.165, 1.54) is 12.3 Å². The Kier molecular flexibility index (Phi) is 6.75. The van der Waals surface area contributed by atoms with E-state index < -0.39 is 36.1 Å². The molecule has 0 saturated heterocycles. The molecular weight excluding hydrogens is 436 g/mol. The van der Waals surface area contributed by atoms with E-state index in [0.717, 1.165) is 6.04 Å². The molecule has 0 saturated carbocycles. The first-order valence-corrected chi connectivity index (χ1v) is 13.7. The number of pyridine rings is 1. The Hall–Kier alpha value is -3.11. The number of hydrogen-bond donors (Lipinski definition) is 0. The summed E-state index contributed by atoms with van der Waals surface area (Å²) in [6, 6.07) is 3.73. The summed E-state index contributed by atoms with van der Waals surface area (Å²) in [7, 11) is -1.23. The van der Waals surface area contributed by atoms with Crippen molar-refractivity contribution < 1.29 is 23.2 Å². The summed E-state index contributed by atoms with van der Waals surface area (Å²) in [6.07, 6.45) is 3.27. The predicted octanol–water partition coefficient (Wildman–Crippen LogP) is 6.36. The fourth-order valence-electron chi connectivity index (χ4n) is 3.09. The maximum Gasteiger partial charge on any atom is 0.275 e. The van der Waals surface area contributed by atoms with Crippen molar-refractivity contribution in [1.82, 2.24) is 9.55 Å². The summed E-state index contributed by atoms with van der Waals surface area (Å²) in [4.78, 5) is 14.4. The highest BCUT2D eigenvalue weighted by molar-refractivity contribution is 6.76. The van der Waals surface area contributed by atoms with E-state index in [-0.39, 0.29) is 12.5 Å². The van der Waals surface area contributed by atoms with Crippen molar-refractivity contribution >= 4 is 30.4 Å². The summed E-state index contributed by atoms with van der Waals surface area (Å²) < 4.78 is 42.0. The lowest BCUT2D eigenvalue weighted by Crippen LogP contribution is -2.22. The molecule has 0 atom stereocenters. The number of nitrogens with zero attached hydrogens (tertiary/aromatic N) is 3. The lowest BCUT2D eigenvalue weighted by Gasteiger charge is -2.15. The Morgan fingerprint density at radius 3 is 2.50 bits per heavy atom. The van der Waals surface area contributed by atoms with Gasteiger partial charge in [-0.05, 0) is 24.6 Å². The summed E-state index contributed by atoms with van der Waals surface area (Å²) in [5.41, 5.74) is 1.21. The summed E-state index contributed by atoms with van der Waals surface area (Å²) in [5.74, 6) is -2.92. The molecule has 170 valence electrons. The zero-order chi connectivity index (χ0) is 23.6. The second-order valence-electron chi connectivity index (χ2n) is 8.75. The number of allylic oxidation sites excluding steroid dienone is 1. The third-order valence-corrected chi connectivity index (χ3v) is 6.52. The van der Waals surface area contributed by atoms with E-state index >= 15 is 0 Å². The van der Waals surface area contributed by atoms with Crippen molar-refractivity contribution in [3.05, 3.63) is 64.5 Å². The van der Waals surface area contributed by atoms with Gasteiger partial charge in [-0.25, -0.2) is 13.8 Å². The lowest BCUT2D eigenvalue weighted by molar-refractivity contribution is -0.385. The van der Waals surface area contributed by atoms with Crippen LogP contribution < -0.4 is 4.74 Å². The van der Waals surface area contributed by atoms with Crippen LogP contribution >= 0.6 is 0 Å². The number of hydrogen-bond acceptors (Lipinski definition) is 5. The molecule has 7 nitrogen and oxygen atoms in total. The van der Waals surface area contributed by atoms with Gasteiger partial charge in [0.25, 0.3) is 5.69 Å². The molecule has 32 heavy (non-hydrogen) atoms.